The zero-order valence-electron chi connectivity index (χ0n) is 19.0. The smallest absolute Gasteiger partial charge is 0.417 e. The molecule has 2 atom stereocenters. The molecule has 1 amide bonds. The van der Waals surface area contributed by atoms with Crippen LogP contribution in [0, 0.1) is 0 Å². The van der Waals surface area contributed by atoms with E-state index in [1.54, 1.807) is 34.6 Å². The quantitative estimate of drug-likeness (QED) is 0.383. The predicted molar refractivity (Wildman–Crippen MR) is 111 cm³/mol. The fraction of sp³-hybridized carbons (Fsp3) is 0.650. The fourth-order valence-electron chi connectivity index (χ4n) is 2.65. The number of nitrogens with one attached hydrogen (secondary N) is 1. The van der Waals surface area contributed by atoms with Crippen molar-refractivity contribution < 1.29 is 41.1 Å². The van der Waals surface area contributed by atoms with Crippen molar-refractivity contribution in [2.45, 2.75) is 71.4 Å². The van der Waals surface area contributed by atoms with Crippen molar-refractivity contribution in [3.05, 3.63) is 29.6 Å². The maximum atomic E-state index is 13.2. The van der Waals surface area contributed by atoms with E-state index in [-0.39, 0.29) is 18.9 Å². The summed E-state index contributed by atoms with van der Waals surface area (Å²) >= 11 is 0. The Morgan fingerprint density at radius 3 is 2.09 bits per heavy atom. The molecule has 0 aromatic carbocycles. The lowest BCUT2D eigenvalue weighted by molar-refractivity contribution is -0.155. The zero-order valence-corrected chi connectivity index (χ0v) is 19.9. The molecule has 1 N–H and O–H groups in total. The molecule has 0 aliphatic carbocycles. The molecule has 0 aliphatic rings. The molecule has 8 nitrogen and oxygen atoms in total. The number of halogens is 3. The lowest BCUT2D eigenvalue weighted by Gasteiger charge is -2.28. The van der Waals surface area contributed by atoms with Gasteiger partial charge in [0.15, 0.2) is 5.66 Å². The van der Waals surface area contributed by atoms with Gasteiger partial charge >= 0.3 is 19.7 Å². The van der Waals surface area contributed by atoms with E-state index in [1.807, 2.05) is 0 Å². The highest BCUT2D eigenvalue weighted by atomic mass is 31.2. The van der Waals surface area contributed by atoms with Crippen LogP contribution in [0.4, 0.5) is 13.2 Å². The maximum Gasteiger partial charge on any atom is 0.417 e. The summed E-state index contributed by atoms with van der Waals surface area (Å²) in [4.78, 5) is 29.1. The predicted octanol–water partition coefficient (Wildman–Crippen LogP) is 4.64. The van der Waals surface area contributed by atoms with Gasteiger partial charge in [0, 0.05) is 6.20 Å². The van der Waals surface area contributed by atoms with Crippen LogP contribution in [-0.4, -0.2) is 41.3 Å². The number of carbonyl (C=O) groups is 2. The van der Waals surface area contributed by atoms with Crippen LogP contribution >= 0.6 is 7.60 Å². The molecule has 0 bridgehead atoms. The first-order chi connectivity index (χ1) is 14.6. The van der Waals surface area contributed by atoms with Crippen LogP contribution in [0.5, 0.6) is 0 Å². The molecule has 1 aromatic rings. The summed E-state index contributed by atoms with van der Waals surface area (Å²) < 4.78 is 67.1. The minimum absolute atomic E-state index is 0.0237. The van der Waals surface area contributed by atoms with Gasteiger partial charge in [0.2, 0.25) is 5.91 Å². The Labute approximate surface area is 185 Å². The number of esters is 1. The van der Waals surface area contributed by atoms with E-state index in [4.69, 9.17) is 13.8 Å². The monoisotopic (exact) mass is 482 g/mol. The number of alkyl halides is 3. The summed E-state index contributed by atoms with van der Waals surface area (Å²) in [6, 6.07) is 1.22. The van der Waals surface area contributed by atoms with E-state index in [0.717, 1.165) is 12.1 Å². The van der Waals surface area contributed by atoms with Crippen molar-refractivity contribution in [1.29, 1.82) is 0 Å². The summed E-state index contributed by atoms with van der Waals surface area (Å²) in [5.74, 6) is -1.62. The minimum Gasteiger partial charge on any atom is -0.459 e. The first-order valence-corrected chi connectivity index (χ1v) is 11.7. The number of hydrogen-bond donors (Lipinski definition) is 1. The molecule has 0 spiro atoms. The number of nitrogens with zero attached hydrogens (tertiary/aromatic N) is 1. The van der Waals surface area contributed by atoms with E-state index in [2.05, 4.69) is 10.3 Å². The molecule has 2 unspecified atom stereocenters. The number of carbonyl (C=O) groups excluding carboxylic acids is 2. The molecular formula is C20H30F3N2O6P. The second-order valence-corrected chi connectivity index (χ2v) is 10.1. The van der Waals surface area contributed by atoms with Crippen LogP contribution in [0.25, 0.3) is 0 Å². The summed E-state index contributed by atoms with van der Waals surface area (Å²) in [6.07, 6.45) is -4.44. The fourth-order valence-corrected chi connectivity index (χ4v) is 4.50. The standard InChI is InChI=1S/C20H30F3N2O6P/c1-7-29-32(28,30-8-2)16(18(27)31-19(4,5)6)11-17(26)25-13(3)15-10-9-14(12-24-15)20(21,22)23/h9-10,12-13,16H,7-8,11H2,1-6H3,(H,25,26). The number of ether oxygens (including phenoxy) is 1. The summed E-state index contributed by atoms with van der Waals surface area (Å²) in [7, 11) is -4.04. The van der Waals surface area contributed by atoms with Crippen molar-refractivity contribution >= 4 is 19.5 Å². The van der Waals surface area contributed by atoms with E-state index in [0.29, 0.717) is 6.20 Å². The van der Waals surface area contributed by atoms with Crippen LogP contribution in [0.15, 0.2) is 18.3 Å². The van der Waals surface area contributed by atoms with Crippen molar-refractivity contribution in [3.63, 3.8) is 0 Å². The van der Waals surface area contributed by atoms with E-state index < -0.39 is 54.9 Å². The number of hydrogen-bond acceptors (Lipinski definition) is 7. The molecule has 12 heteroatoms. The molecule has 1 aromatic heterocycles. The summed E-state index contributed by atoms with van der Waals surface area (Å²) in [6.45, 7) is 9.45. The Hall–Kier alpha value is -1.97. The van der Waals surface area contributed by atoms with Gasteiger partial charge in [-0.1, -0.05) is 0 Å². The van der Waals surface area contributed by atoms with Crippen molar-refractivity contribution in [1.82, 2.24) is 10.3 Å². The van der Waals surface area contributed by atoms with Crippen LogP contribution in [0.2, 0.25) is 0 Å². The zero-order chi connectivity index (χ0) is 24.7. The van der Waals surface area contributed by atoms with Gasteiger partial charge in [0.25, 0.3) is 0 Å². The number of pyridine rings is 1. The second kappa shape index (κ2) is 11.2. The Morgan fingerprint density at radius 1 is 1.12 bits per heavy atom. The summed E-state index contributed by atoms with van der Waals surface area (Å²) in [5, 5.41) is 2.54. The molecular weight excluding hydrogens is 452 g/mol. The first-order valence-electron chi connectivity index (χ1n) is 10.1. The van der Waals surface area contributed by atoms with Gasteiger partial charge in [0.1, 0.15) is 5.60 Å². The van der Waals surface area contributed by atoms with E-state index in [9.17, 15) is 27.3 Å². The molecule has 1 heterocycles. The SMILES string of the molecule is CCOP(=O)(OCC)C(CC(=O)NC(C)c1ccc(C(F)(F)F)cn1)C(=O)OC(C)(C)C. The minimum atomic E-state index is -4.53. The maximum absolute atomic E-state index is 13.2. The van der Waals surface area contributed by atoms with Crippen LogP contribution in [0.3, 0.4) is 0 Å². The Balaban J connectivity index is 3.04. The molecule has 0 saturated carbocycles. The molecule has 0 radical (unpaired) electrons. The first kappa shape index (κ1) is 28.1. The van der Waals surface area contributed by atoms with Gasteiger partial charge in [-0.25, -0.2) is 0 Å². The average molecular weight is 482 g/mol. The Morgan fingerprint density at radius 2 is 1.69 bits per heavy atom. The number of aromatic nitrogens is 1. The molecule has 1 rings (SSSR count). The van der Waals surface area contributed by atoms with Crippen molar-refractivity contribution in [2.75, 3.05) is 13.2 Å². The third-order valence-electron chi connectivity index (χ3n) is 3.99. The highest BCUT2D eigenvalue weighted by molar-refractivity contribution is 7.55. The third-order valence-corrected chi connectivity index (χ3v) is 6.39. The average Bonchev–Trinajstić information content (AvgIpc) is 2.64. The second-order valence-electron chi connectivity index (χ2n) is 7.89. The van der Waals surface area contributed by atoms with Crippen molar-refractivity contribution in [3.8, 4) is 0 Å². The molecule has 0 aliphatic heterocycles. The van der Waals surface area contributed by atoms with Crippen molar-refractivity contribution in [2.24, 2.45) is 0 Å². The van der Waals surface area contributed by atoms with Gasteiger partial charge in [-0.3, -0.25) is 19.1 Å². The molecule has 182 valence electrons. The lowest BCUT2D eigenvalue weighted by atomic mass is 10.1. The topological polar surface area (TPSA) is 104 Å². The van der Waals surface area contributed by atoms with Gasteiger partial charge in [-0.2, -0.15) is 13.2 Å². The molecule has 0 fully saturated rings. The third kappa shape index (κ3) is 8.52. The van der Waals surface area contributed by atoms with Gasteiger partial charge in [-0.15, -0.1) is 0 Å². The highest BCUT2D eigenvalue weighted by Gasteiger charge is 2.45. The van der Waals surface area contributed by atoms with E-state index >= 15 is 0 Å². The van der Waals surface area contributed by atoms with Crippen LogP contribution < -0.4 is 5.32 Å². The Kier molecular flexibility index (Phi) is 9.86. The van der Waals surface area contributed by atoms with Gasteiger partial charge < -0.3 is 19.1 Å². The van der Waals surface area contributed by atoms with Gasteiger partial charge in [0.05, 0.1) is 36.9 Å². The molecule has 0 saturated heterocycles. The number of rotatable bonds is 10. The van der Waals surface area contributed by atoms with Crippen LogP contribution in [0.1, 0.15) is 65.3 Å². The van der Waals surface area contributed by atoms with Gasteiger partial charge in [-0.05, 0) is 53.7 Å². The highest BCUT2D eigenvalue weighted by Crippen LogP contribution is 2.55. The number of amides is 1. The lowest BCUT2D eigenvalue weighted by Crippen LogP contribution is -2.37. The van der Waals surface area contributed by atoms with Crippen LogP contribution in [-0.2, 0) is 34.1 Å². The largest absolute Gasteiger partial charge is 0.459 e. The summed E-state index contributed by atoms with van der Waals surface area (Å²) in [5.41, 5.74) is -3.17. The molecule has 32 heavy (non-hydrogen) atoms. The Bertz CT molecular complexity index is 814. The van der Waals surface area contributed by atoms with E-state index in [1.165, 1.54) is 6.92 Å². The normalized spacial score (nSPS) is 14.5.